The molecule has 1 aromatic carbocycles. The van der Waals surface area contributed by atoms with Gasteiger partial charge in [-0.2, -0.15) is 0 Å². The van der Waals surface area contributed by atoms with E-state index in [1.54, 1.807) is 12.1 Å². The zero-order chi connectivity index (χ0) is 17.4. The molecule has 27 heavy (non-hydrogen) atoms. The molecule has 152 valence electrons. The summed E-state index contributed by atoms with van der Waals surface area (Å²) < 4.78 is 13.7. The summed E-state index contributed by atoms with van der Waals surface area (Å²) in [7, 11) is 2.12. The molecule has 7 heteroatoms. The van der Waals surface area contributed by atoms with Crippen LogP contribution in [0.5, 0.6) is 0 Å². The van der Waals surface area contributed by atoms with Gasteiger partial charge in [0.2, 0.25) is 5.91 Å². The standard InChI is InChI=1S/C20H28FN3O.2ClH/c1-22-11-16-12-24(19(25)14-23-8-3-2-4-9-23)13-18(16)20(22)15-6-5-7-17(21)10-15;;/h5-7,10,16,18,20H,2-4,8-9,11-14H2,1H3;2*1H/t16-,18+,20-;;/m0../s1. The Morgan fingerprint density at radius 3 is 2.56 bits per heavy atom. The molecule has 3 atom stereocenters. The van der Waals surface area contributed by atoms with Crippen molar-refractivity contribution < 1.29 is 9.18 Å². The van der Waals surface area contributed by atoms with E-state index in [0.717, 1.165) is 38.3 Å². The highest BCUT2D eigenvalue weighted by Gasteiger charge is 2.47. The van der Waals surface area contributed by atoms with Crippen LogP contribution in [0.2, 0.25) is 0 Å². The third-order valence-corrected chi connectivity index (χ3v) is 6.24. The lowest BCUT2D eigenvalue weighted by atomic mass is 9.89. The first-order valence-corrected chi connectivity index (χ1v) is 9.57. The van der Waals surface area contributed by atoms with Crippen LogP contribution in [0.15, 0.2) is 24.3 Å². The molecular formula is C20H30Cl2FN3O. The van der Waals surface area contributed by atoms with Crippen LogP contribution in [0.3, 0.4) is 0 Å². The number of fused-ring (bicyclic) bond motifs is 1. The smallest absolute Gasteiger partial charge is 0.236 e. The number of rotatable bonds is 3. The number of halogens is 3. The zero-order valence-corrected chi connectivity index (χ0v) is 17.5. The lowest BCUT2D eigenvalue weighted by molar-refractivity contribution is -0.132. The second-order valence-corrected chi connectivity index (χ2v) is 8.00. The molecule has 3 saturated heterocycles. The number of benzene rings is 1. The van der Waals surface area contributed by atoms with E-state index in [2.05, 4.69) is 21.7 Å². The molecule has 0 aromatic heterocycles. The molecule has 4 nitrogen and oxygen atoms in total. The first-order chi connectivity index (χ1) is 12.1. The Kier molecular flexibility index (Phi) is 7.93. The summed E-state index contributed by atoms with van der Waals surface area (Å²) in [5.74, 6) is 1.02. The molecule has 3 aliphatic rings. The Morgan fingerprint density at radius 1 is 1.11 bits per heavy atom. The van der Waals surface area contributed by atoms with Crippen LogP contribution in [-0.2, 0) is 4.79 Å². The molecule has 3 heterocycles. The highest BCUT2D eigenvalue weighted by Crippen LogP contribution is 2.44. The van der Waals surface area contributed by atoms with Crippen molar-refractivity contribution in [1.29, 1.82) is 0 Å². The van der Waals surface area contributed by atoms with Crippen LogP contribution in [-0.4, -0.2) is 66.9 Å². The Morgan fingerprint density at radius 2 is 1.85 bits per heavy atom. The van der Waals surface area contributed by atoms with E-state index in [4.69, 9.17) is 0 Å². The van der Waals surface area contributed by atoms with Gasteiger partial charge >= 0.3 is 0 Å². The van der Waals surface area contributed by atoms with Gasteiger partial charge in [0.25, 0.3) is 0 Å². The lowest BCUT2D eigenvalue weighted by Crippen LogP contribution is -2.42. The second kappa shape index (κ2) is 9.55. The number of likely N-dealkylation sites (tertiary alicyclic amines) is 3. The van der Waals surface area contributed by atoms with Gasteiger partial charge in [-0.1, -0.05) is 18.6 Å². The van der Waals surface area contributed by atoms with Crippen molar-refractivity contribution in [2.75, 3.05) is 46.3 Å². The normalized spacial score (nSPS) is 28.4. The van der Waals surface area contributed by atoms with Gasteiger partial charge in [-0.25, -0.2) is 4.39 Å². The Hall–Kier alpha value is -0.880. The minimum atomic E-state index is -0.176. The van der Waals surface area contributed by atoms with Crippen molar-refractivity contribution in [2.24, 2.45) is 11.8 Å². The Balaban J connectivity index is 0.00000131. The van der Waals surface area contributed by atoms with E-state index in [1.165, 1.54) is 25.3 Å². The van der Waals surface area contributed by atoms with Gasteiger partial charge in [0.15, 0.2) is 0 Å². The topological polar surface area (TPSA) is 26.8 Å². The Labute approximate surface area is 173 Å². The van der Waals surface area contributed by atoms with E-state index >= 15 is 0 Å². The average Bonchev–Trinajstić information content (AvgIpc) is 3.12. The molecule has 0 radical (unpaired) electrons. The van der Waals surface area contributed by atoms with Gasteiger partial charge in [0.1, 0.15) is 5.82 Å². The molecule has 0 bridgehead atoms. The summed E-state index contributed by atoms with van der Waals surface area (Å²) >= 11 is 0. The van der Waals surface area contributed by atoms with Gasteiger partial charge in [0, 0.05) is 31.6 Å². The van der Waals surface area contributed by atoms with Crippen molar-refractivity contribution in [3.8, 4) is 0 Å². The van der Waals surface area contributed by atoms with E-state index in [1.807, 2.05) is 6.07 Å². The van der Waals surface area contributed by atoms with Crippen LogP contribution in [0.4, 0.5) is 4.39 Å². The minimum absolute atomic E-state index is 0. The van der Waals surface area contributed by atoms with Crippen LogP contribution >= 0.6 is 24.8 Å². The molecule has 1 amide bonds. The summed E-state index contributed by atoms with van der Waals surface area (Å²) in [5, 5.41) is 0. The monoisotopic (exact) mass is 417 g/mol. The fraction of sp³-hybridized carbons (Fsp3) is 0.650. The predicted octanol–water partition coefficient (Wildman–Crippen LogP) is 3.22. The summed E-state index contributed by atoms with van der Waals surface area (Å²) in [6.45, 7) is 5.33. The third kappa shape index (κ3) is 4.76. The molecule has 0 unspecified atom stereocenters. The van der Waals surface area contributed by atoms with Gasteiger partial charge < -0.3 is 4.90 Å². The summed E-state index contributed by atoms with van der Waals surface area (Å²) in [6, 6.07) is 7.18. The molecule has 3 fully saturated rings. The maximum atomic E-state index is 13.7. The van der Waals surface area contributed by atoms with Crippen molar-refractivity contribution in [3.05, 3.63) is 35.6 Å². The van der Waals surface area contributed by atoms with E-state index in [0.29, 0.717) is 18.4 Å². The van der Waals surface area contributed by atoms with Gasteiger partial charge in [-0.15, -0.1) is 24.8 Å². The maximum Gasteiger partial charge on any atom is 0.236 e. The molecule has 0 aliphatic carbocycles. The second-order valence-electron chi connectivity index (χ2n) is 8.00. The quantitative estimate of drug-likeness (QED) is 0.755. The van der Waals surface area contributed by atoms with Gasteiger partial charge in [-0.05, 0) is 56.6 Å². The van der Waals surface area contributed by atoms with Gasteiger partial charge in [-0.3, -0.25) is 14.6 Å². The summed E-state index contributed by atoms with van der Waals surface area (Å²) in [4.78, 5) is 19.4. The van der Waals surface area contributed by atoms with Crippen LogP contribution in [0.1, 0.15) is 30.9 Å². The first-order valence-electron chi connectivity index (χ1n) is 9.57. The van der Waals surface area contributed by atoms with Crippen molar-refractivity contribution in [2.45, 2.75) is 25.3 Å². The third-order valence-electron chi connectivity index (χ3n) is 6.24. The van der Waals surface area contributed by atoms with Crippen LogP contribution in [0, 0.1) is 17.7 Å². The molecule has 1 aromatic rings. The number of amides is 1. The van der Waals surface area contributed by atoms with Crippen molar-refractivity contribution in [1.82, 2.24) is 14.7 Å². The number of carbonyl (C=O) groups excluding carboxylic acids is 1. The average molecular weight is 418 g/mol. The SMILES string of the molecule is CN1C[C@H]2CN(C(=O)CN3CCCCC3)C[C@H]2[C@@H]1c1cccc(F)c1.Cl.Cl. The molecule has 0 spiro atoms. The fourth-order valence-corrected chi connectivity index (χ4v) is 5.06. The number of hydrogen-bond acceptors (Lipinski definition) is 3. The predicted molar refractivity (Wildman–Crippen MR) is 110 cm³/mol. The van der Waals surface area contributed by atoms with E-state index < -0.39 is 0 Å². The number of carbonyl (C=O) groups is 1. The van der Waals surface area contributed by atoms with Crippen molar-refractivity contribution >= 4 is 30.7 Å². The lowest BCUT2D eigenvalue weighted by Gasteiger charge is -2.30. The van der Waals surface area contributed by atoms with Crippen LogP contribution in [0.25, 0.3) is 0 Å². The highest BCUT2D eigenvalue weighted by molar-refractivity contribution is 5.85. The number of hydrogen-bond donors (Lipinski definition) is 0. The van der Waals surface area contributed by atoms with E-state index in [-0.39, 0.29) is 42.6 Å². The maximum absolute atomic E-state index is 13.7. The minimum Gasteiger partial charge on any atom is -0.341 e. The first kappa shape index (κ1) is 22.4. The molecular weight excluding hydrogens is 388 g/mol. The Bertz CT molecular complexity index is 641. The highest BCUT2D eigenvalue weighted by atomic mass is 35.5. The van der Waals surface area contributed by atoms with Crippen LogP contribution < -0.4 is 0 Å². The molecule has 0 N–H and O–H groups in total. The molecule has 3 aliphatic heterocycles. The summed E-state index contributed by atoms with van der Waals surface area (Å²) in [6.07, 6.45) is 3.72. The fourth-order valence-electron chi connectivity index (χ4n) is 5.06. The summed E-state index contributed by atoms with van der Waals surface area (Å²) in [5.41, 5.74) is 1.04. The zero-order valence-electron chi connectivity index (χ0n) is 15.8. The van der Waals surface area contributed by atoms with E-state index in [9.17, 15) is 9.18 Å². The number of nitrogens with zero attached hydrogens (tertiary/aromatic N) is 3. The molecule has 4 rings (SSSR count). The number of piperidine rings is 1. The van der Waals surface area contributed by atoms with Crippen molar-refractivity contribution in [3.63, 3.8) is 0 Å². The molecule has 0 saturated carbocycles. The van der Waals surface area contributed by atoms with Gasteiger partial charge in [0.05, 0.1) is 6.54 Å². The largest absolute Gasteiger partial charge is 0.341 e.